The van der Waals surface area contributed by atoms with Gasteiger partial charge < -0.3 is 9.67 Å². The van der Waals surface area contributed by atoms with Crippen LogP contribution in [0.1, 0.15) is 36.0 Å². The molecule has 18 heavy (non-hydrogen) atoms. The molecule has 0 fully saturated rings. The van der Waals surface area contributed by atoms with Crippen LogP contribution in [0.15, 0.2) is 30.5 Å². The van der Waals surface area contributed by atoms with Gasteiger partial charge in [-0.25, -0.2) is 4.98 Å². The van der Waals surface area contributed by atoms with E-state index in [0.717, 1.165) is 42.3 Å². The van der Waals surface area contributed by atoms with Crippen LogP contribution in [0.25, 0.3) is 0 Å². The molecule has 4 heteroatoms. The minimum atomic E-state index is -0.356. The lowest BCUT2D eigenvalue weighted by atomic mass is 10.1. The summed E-state index contributed by atoms with van der Waals surface area (Å²) in [6, 6.07) is 7.82. The fourth-order valence-corrected chi connectivity index (χ4v) is 2.60. The molecule has 2 aromatic rings. The highest BCUT2D eigenvalue weighted by atomic mass is 35.5. The summed E-state index contributed by atoms with van der Waals surface area (Å²) in [6.45, 7) is 0.954. The van der Waals surface area contributed by atoms with Crippen molar-refractivity contribution in [2.75, 3.05) is 0 Å². The number of halogens is 1. The number of hydrogen-bond acceptors (Lipinski definition) is 2. The molecular formula is C14H15ClN2O. The minimum Gasteiger partial charge on any atom is -0.387 e. The third kappa shape index (κ3) is 2.16. The second-order valence-corrected chi connectivity index (χ2v) is 5.15. The number of nitrogens with zero attached hydrogens (tertiary/aromatic N) is 2. The first-order chi connectivity index (χ1) is 8.74. The van der Waals surface area contributed by atoms with Crippen molar-refractivity contribution in [2.24, 2.45) is 0 Å². The molecule has 1 aliphatic rings. The Hall–Kier alpha value is -1.32. The van der Waals surface area contributed by atoms with E-state index in [2.05, 4.69) is 9.55 Å². The summed E-state index contributed by atoms with van der Waals surface area (Å²) in [4.78, 5) is 4.44. The first kappa shape index (κ1) is 11.8. The van der Waals surface area contributed by atoms with Gasteiger partial charge in [0.25, 0.3) is 0 Å². The molecule has 0 saturated carbocycles. The summed E-state index contributed by atoms with van der Waals surface area (Å²) in [5.74, 6) is 1.02. The van der Waals surface area contributed by atoms with Crippen molar-refractivity contribution < 1.29 is 5.11 Å². The molecule has 0 saturated heterocycles. The van der Waals surface area contributed by atoms with Gasteiger partial charge in [-0.05, 0) is 30.5 Å². The van der Waals surface area contributed by atoms with Crippen LogP contribution in [0.4, 0.5) is 0 Å². The van der Waals surface area contributed by atoms with Crippen LogP contribution in [0.5, 0.6) is 0 Å². The Bertz CT molecular complexity index is 547. The highest BCUT2D eigenvalue weighted by Crippen LogP contribution is 2.26. The summed E-state index contributed by atoms with van der Waals surface area (Å²) in [5, 5.41) is 10.6. The summed E-state index contributed by atoms with van der Waals surface area (Å²) >= 11 is 5.87. The zero-order valence-electron chi connectivity index (χ0n) is 10.0. The number of imidazole rings is 1. The van der Waals surface area contributed by atoms with Crippen LogP contribution in [0, 0.1) is 0 Å². The number of aromatic nitrogens is 2. The number of hydrogen-bond donors (Lipinski definition) is 1. The SMILES string of the molecule is OC1CCCn2c1cnc2Cc1ccc(Cl)cc1. The maximum Gasteiger partial charge on any atom is 0.113 e. The van der Waals surface area contributed by atoms with E-state index in [1.54, 1.807) is 6.20 Å². The number of aliphatic hydroxyl groups excluding tert-OH is 1. The highest BCUT2D eigenvalue weighted by molar-refractivity contribution is 6.30. The standard InChI is InChI=1S/C14H15ClN2O/c15-11-5-3-10(4-6-11)8-14-16-9-12-13(18)2-1-7-17(12)14/h3-6,9,13,18H,1-2,7-8H2. The van der Waals surface area contributed by atoms with Gasteiger partial charge in [0.2, 0.25) is 0 Å². The lowest BCUT2D eigenvalue weighted by Gasteiger charge is -2.21. The Morgan fingerprint density at radius 1 is 1.33 bits per heavy atom. The fourth-order valence-electron chi connectivity index (χ4n) is 2.47. The molecule has 3 nitrogen and oxygen atoms in total. The Kier molecular flexibility index (Phi) is 3.10. The monoisotopic (exact) mass is 262 g/mol. The molecular weight excluding hydrogens is 248 g/mol. The number of aliphatic hydroxyl groups is 1. The highest BCUT2D eigenvalue weighted by Gasteiger charge is 2.21. The third-order valence-corrected chi connectivity index (χ3v) is 3.70. The molecule has 2 heterocycles. The zero-order valence-corrected chi connectivity index (χ0v) is 10.8. The van der Waals surface area contributed by atoms with Crippen LogP contribution < -0.4 is 0 Å². The molecule has 0 amide bonds. The van der Waals surface area contributed by atoms with Gasteiger partial charge in [-0.15, -0.1) is 0 Å². The molecule has 3 rings (SSSR count). The lowest BCUT2D eigenvalue weighted by Crippen LogP contribution is -2.16. The largest absolute Gasteiger partial charge is 0.387 e. The lowest BCUT2D eigenvalue weighted by molar-refractivity contribution is 0.138. The first-order valence-electron chi connectivity index (χ1n) is 6.21. The van der Waals surface area contributed by atoms with Gasteiger partial charge in [0.15, 0.2) is 0 Å². The Morgan fingerprint density at radius 2 is 2.11 bits per heavy atom. The molecule has 1 N–H and O–H groups in total. The van der Waals surface area contributed by atoms with Gasteiger partial charge in [0.1, 0.15) is 5.82 Å². The summed E-state index contributed by atoms with van der Waals surface area (Å²) in [5.41, 5.74) is 2.14. The molecule has 1 aromatic heterocycles. The van der Waals surface area contributed by atoms with E-state index in [4.69, 9.17) is 11.6 Å². The Morgan fingerprint density at radius 3 is 2.89 bits per heavy atom. The van der Waals surface area contributed by atoms with E-state index in [0.29, 0.717) is 0 Å². The summed E-state index contributed by atoms with van der Waals surface area (Å²) < 4.78 is 2.14. The molecule has 0 aliphatic carbocycles. The molecule has 94 valence electrons. The maximum atomic E-state index is 9.90. The van der Waals surface area contributed by atoms with Gasteiger partial charge in [-0.1, -0.05) is 23.7 Å². The summed E-state index contributed by atoms with van der Waals surface area (Å²) in [7, 11) is 0. The van der Waals surface area contributed by atoms with E-state index >= 15 is 0 Å². The van der Waals surface area contributed by atoms with Gasteiger partial charge in [0, 0.05) is 18.0 Å². The van der Waals surface area contributed by atoms with Crippen molar-refractivity contribution in [1.29, 1.82) is 0 Å². The van der Waals surface area contributed by atoms with E-state index in [1.807, 2.05) is 24.3 Å². The third-order valence-electron chi connectivity index (χ3n) is 3.45. The number of rotatable bonds is 2. The molecule has 1 atom stereocenters. The topological polar surface area (TPSA) is 38.0 Å². The molecule has 1 aliphatic heterocycles. The van der Waals surface area contributed by atoms with Crippen molar-refractivity contribution in [2.45, 2.75) is 31.9 Å². The minimum absolute atomic E-state index is 0.356. The molecule has 0 radical (unpaired) electrons. The van der Waals surface area contributed by atoms with E-state index < -0.39 is 0 Å². The average molecular weight is 263 g/mol. The van der Waals surface area contributed by atoms with Crippen molar-refractivity contribution in [3.63, 3.8) is 0 Å². The summed E-state index contributed by atoms with van der Waals surface area (Å²) in [6.07, 6.45) is 4.08. The maximum absolute atomic E-state index is 9.90. The second kappa shape index (κ2) is 4.75. The van der Waals surface area contributed by atoms with Crippen LogP contribution in [-0.4, -0.2) is 14.7 Å². The number of benzene rings is 1. The fraction of sp³-hybridized carbons (Fsp3) is 0.357. The second-order valence-electron chi connectivity index (χ2n) is 4.71. The molecule has 0 spiro atoms. The zero-order chi connectivity index (χ0) is 12.5. The molecule has 1 aromatic carbocycles. The quantitative estimate of drug-likeness (QED) is 0.904. The molecule has 0 bridgehead atoms. The predicted molar refractivity (Wildman–Crippen MR) is 70.7 cm³/mol. The van der Waals surface area contributed by atoms with Crippen molar-refractivity contribution in [3.05, 3.63) is 52.6 Å². The number of fused-ring (bicyclic) bond motifs is 1. The van der Waals surface area contributed by atoms with Crippen LogP contribution in [0.3, 0.4) is 0 Å². The van der Waals surface area contributed by atoms with Crippen LogP contribution in [0.2, 0.25) is 5.02 Å². The van der Waals surface area contributed by atoms with Crippen molar-refractivity contribution in [3.8, 4) is 0 Å². The normalized spacial score (nSPS) is 18.7. The van der Waals surface area contributed by atoms with E-state index in [9.17, 15) is 5.11 Å². The average Bonchev–Trinajstić information content (AvgIpc) is 2.77. The van der Waals surface area contributed by atoms with Gasteiger partial charge in [-0.2, -0.15) is 0 Å². The van der Waals surface area contributed by atoms with E-state index in [1.165, 1.54) is 5.56 Å². The molecule has 1 unspecified atom stereocenters. The van der Waals surface area contributed by atoms with Gasteiger partial charge in [-0.3, -0.25) is 0 Å². The smallest absolute Gasteiger partial charge is 0.113 e. The van der Waals surface area contributed by atoms with Gasteiger partial charge in [0.05, 0.1) is 18.0 Å². The Labute approximate surface area is 111 Å². The van der Waals surface area contributed by atoms with E-state index in [-0.39, 0.29) is 6.10 Å². The first-order valence-corrected chi connectivity index (χ1v) is 6.58. The predicted octanol–water partition coefficient (Wildman–Crippen LogP) is 2.95. The van der Waals surface area contributed by atoms with Crippen molar-refractivity contribution >= 4 is 11.6 Å². The van der Waals surface area contributed by atoms with Gasteiger partial charge >= 0.3 is 0 Å². The van der Waals surface area contributed by atoms with Crippen molar-refractivity contribution in [1.82, 2.24) is 9.55 Å². The Balaban J connectivity index is 1.87. The van der Waals surface area contributed by atoms with Crippen LogP contribution in [-0.2, 0) is 13.0 Å². The van der Waals surface area contributed by atoms with Crippen LogP contribution >= 0.6 is 11.6 Å².